The normalized spacial score (nSPS) is 25.3. The van der Waals surface area contributed by atoms with Gasteiger partial charge in [-0.3, -0.25) is 9.59 Å². The van der Waals surface area contributed by atoms with Crippen LogP contribution in [0.4, 0.5) is 0 Å². The number of carboxylic acids is 1. The number of carbonyl (C=O) groups is 2. The third-order valence-electron chi connectivity index (χ3n) is 5.25. The van der Waals surface area contributed by atoms with Gasteiger partial charge in [0.1, 0.15) is 0 Å². The number of piperidine rings is 1. The van der Waals surface area contributed by atoms with E-state index in [1.165, 1.54) is 0 Å². The Kier molecular flexibility index (Phi) is 4.38. The predicted molar refractivity (Wildman–Crippen MR) is 88.3 cm³/mol. The summed E-state index contributed by atoms with van der Waals surface area (Å²) in [4.78, 5) is 26.1. The number of amides is 1. The molecule has 3 rings (SSSR count). The summed E-state index contributed by atoms with van der Waals surface area (Å²) in [6.07, 6.45) is 1.07. The molecule has 130 valence electrons. The number of hydrogen-bond donors (Lipinski definition) is 1. The molecule has 1 atom stereocenters. The van der Waals surface area contributed by atoms with Crippen LogP contribution in [0.3, 0.4) is 0 Å². The van der Waals surface area contributed by atoms with Gasteiger partial charge in [-0.1, -0.05) is 30.3 Å². The first-order chi connectivity index (χ1) is 11.3. The third kappa shape index (κ3) is 3.05. The van der Waals surface area contributed by atoms with Crippen LogP contribution in [0.1, 0.15) is 24.8 Å². The summed E-state index contributed by atoms with van der Waals surface area (Å²) >= 11 is 0. The first kappa shape index (κ1) is 17.0. The van der Waals surface area contributed by atoms with Gasteiger partial charge in [0.15, 0.2) is 9.84 Å². The number of carbonyl (C=O) groups excluding carboxylic acids is 1. The smallest absolute Gasteiger partial charge is 0.314 e. The van der Waals surface area contributed by atoms with Crippen molar-refractivity contribution in [1.29, 1.82) is 0 Å². The summed E-state index contributed by atoms with van der Waals surface area (Å²) < 4.78 is 23.1. The van der Waals surface area contributed by atoms with Crippen molar-refractivity contribution in [2.24, 2.45) is 5.92 Å². The fraction of sp³-hybridized carbons (Fsp3) is 0.529. The Hall–Kier alpha value is -1.89. The van der Waals surface area contributed by atoms with Gasteiger partial charge in [0.25, 0.3) is 0 Å². The molecule has 0 aromatic heterocycles. The summed E-state index contributed by atoms with van der Waals surface area (Å²) in [6, 6.07) is 9.12. The van der Waals surface area contributed by atoms with Crippen LogP contribution in [0, 0.1) is 5.92 Å². The summed E-state index contributed by atoms with van der Waals surface area (Å²) in [5.74, 6) is -1.50. The summed E-state index contributed by atoms with van der Waals surface area (Å²) in [7, 11) is -3.10. The molecule has 2 fully saturated rings. The molecule has 0 radical (unpaired) electrons. The lowest BCUT2D eigenvalue weighted by molar-refractivity contribution is -0.149. The topological polar surface area (TPSA) is 91.8 Å². The van der Waals surface area contributed by atoms with Crippen LogP contribution in [-0.4, -0.2) is 54.9 Å². The number of rotatable bonds is 3. The molecule has 0 spiro atoms. The number of aliphatic carboxylic acids is 1. The molecule has 1 amide bonds. The molecule has 0 saturated carbocycles. The molecule has 1 N–H and O–H groups in total. The monoisotopic (exact) mass is 351 g/mol. The maximum absolute atomic E-state index is 12.5. The molecule has 2 aliphatic rings. The number of benzene rings is 1. The second-order valence-electron chi connectivity index (χ2n) is 6.68. The molecule has 1 unspecified atom stereocenters. The molecule has 7 heteroatoms. The molecule has 2 saturated heterocycles. The van der Waals surface area contributed by atoms with Crippen molar-refractivity contribution < 1.29 is 23.1 Å². The zero-order valence-electron chi connectivity index (χ0n) is 13.3. The van der Waals surface area contributed by atoms with E-state index in [4.69, 9.17) is 0 Å². The quantitative estimate of drug-likeness (QED) is 0.879. The van der Waals surface area contributed by atoms with Gasteiger partial charge < -0.3 is 10.0 Å². The summed E-state index contributed by atoms with van der Waals surface area (Å²) in [5, 5.41) is 9.76. The van der Waals surface area contributed by atoms with Gasteiger partial charge in [-0.05, 0) is 24.8 Å². The molecule has 6 nitrogen and oxygen atoms in total. The highest BCUT2D eigenvalue weighted by Crippen LogP contribution is 2.36. The van der Waals surface area contributed by atoms with Crippen LogP contribution in [0.15, 0.2) is 30.3 Å². The van der Waals surface area contributed by atoms with Crippen molar-refractivity contribution >= 4 is 21.7 Å². The highest BCUT2D eigenvalue weighted by atomic mass is 32.2. The van der Waals surface area contributed by atoms with E-state index in [2.05, 4.69) is 0 Å². The predicted octanol–water partition coefficient (Wildman–Crippen LogP) is 1.07. The number of hydrogen-bond acceptors (Lipinski definition) is 4. The SMILES string of the molecule is O=C(C1CCS(=O)(=O)C1)N1CCC(C(=O)O)(c2ccccc2)CC1. The summed E-state index contributed by atoms with van der Waals surface area (Å²) in [5.41, 5.74) is -0.215. The minimum absolute atomic E-state index is 0.0698. The fourth-order valence-electron chi connectivity index (χ4n) is 3.74. The average molecular weight is 351 g/mol. The zero-order chi connectivity index (χ0) is 17.4. The molecular formula is C17H21NO5S. The molecule has 24 heavy (non-hydrogen) atoms. The van der Waals surface area contributed by atoms with Crippen molar-refractivity contribution in [2.45, 2.75) is 24.7 Å². The Morgan fingerprint density at radius 2 is 1.75 bits per heavy atom. The van der Waals surface area contributed by atoms with E-state index in [1.807, 2.05) is 30.3 Å². The Bertz CT molecular complexity index is 736. The lowest BCUT2D eigenvalue weighted by atomic mass is 9.72. The van der Waals surface area contributed by atoms with Crippen molar-refractivity contribution in [1.82, 2.24) is 4.90 Å². The number of carboxylic acid groups (broad SMARTS) is 1. The lowest BCUT2D eigenvalue weighted by Gasteiger charge is -2.40. The second kappa shape index (κ2) is 6.20. The van der Waals surface area contributed by atoms with Crippen molar-refractivity contribution in [3.63, 3.8) is 0 Å². The maximum Gasteiger partial charge on any atom is 0.314 e. The van der Waals surface area contributed by atoms with E-state index >= 15 is 0 Å². The molecular weight excluding hydrogens is 330 g/mol. The van der Waals surface area contributed by atoms with Gasteiger partial charge in [-0.15, -0.1) is 0 Å². The van der Waals surface area contributed by atoms with Crippen LogP contribution in [0.25, 0.3) is 0 Å². The minimum atomic E-state index is -3.10. The minimum Gasteiger partial charge on any atom is -0.481 e. The first-order valence-corrected chi connectivity index (χ1v) is 9.94. The number of sulfone groups is 1. The lowest BCUT2D eigenvalue weighted by Crippen LogP contribution is -2.50. The highest BCUT2D eigenvalue weighted by molar-refractivity contribution is 7.91. The van der Waals surface area contributed by atoms with E-state index in [0.717, 1.165) is 5.56 Å². The Balaban J connectivity index is 1.72. The standard InChI is InChI=1S/C17H21NO5S/c19-15(13-6-11-24(22,23)12-13)18-9-7-17(8-10-18,16(20)21)14-4-2-1-3-5-14/h1-5,13H,6-12H2,(H,20,21). The van der Waals surface area contributed by atoms with Gasteiger partial charge in [0, 0.05) is 13.1 Å². The molecule has 1 aromatic carbocycles. The number of nitrogens with zero attached hydrogens (tertiary/aromatic N) is 1. The van der Waals surface area contributed by atoms with Crippen LogP contribution in [0.5, 0.6) is 0 Å². The van der Waals surface area contributed by atoms with Crippen molar-refractivity contribution in [2.75, 3.05) is 24.6 Å². The fourth-order valence-corrected chi connectivity index (χ4v) is 5.47. The van der Waals surface area contributed by atoms with Crippen LogP contribution < -0.4 is 0 Å². The largest absolute Gasteiger partial charge is 0.481 e. The van der Waals surface area contributed by atoms with Crippen LogP contribution >= 0.6 is 0 Å². The zero-order valence-corrected chi connectivity index (χ0v) is 14.2. The van der Waals surface area contributed by atoms with Gasteiger partial charge in [0.2, 0.25) is 5.91 Å². The molecule has 2 aliphatic heterocycles. The Morgan fingerprint density at radius 1 is 1.12 bits per heavy atom. The van der Waals surface area contributed by atoms with E-state index in [9.17, 15) is 23.1 Å². The Morgan fingerprint density at radius 3 is 2.25 bits per heavy atom. The van der Waals surface area contributed by atoms with E-state index < -0.39 is 27.1 Å². The van der Waals surface area contributed by atoms with Gasteiger partial charge in [-0.2, -0.15) is 0 Å². The van der Waals surface area contributed by atoms with Gasteiger partial charge in [-0.25, -0.2) is 8.42 Å². The third-order valence-corrected chi connectivity index (χ3v) is 7.01. The molecule has 2 heterocycles. The van der Waals surface area contributed by atoms with Gasteiger partial charge >= 0.3 is 5.97 Å². The van der Waals surface area contributed by atoms with E-state index in [1.54, 1.807) is 4.90 Å². The van der Waals surface area contributed by atoms with Gasteiger partial charge in [0.05, 0.1) is 22.8 Å². The van der Waals surface area contributed by atoms with Crippen molar-refractivity contribution in [3.8, 4) is 0 Å². The maximum atomic E-state index is 12.5. The molecule has 1 aromatic rings. The van der Waals surface area contributed by atoms with Crippen LogP contribution in [0.2, 0.25) is 0 Å². The summed E-state index contributed by atoms with van der Waals surface area (Å²) in [6.45, 7) is 0.688. The first-order valence-electron chi connectivity index (χ1n) is 8.12. The second-order valence-corrected chi connectivity index (χ2v) is 8.91. The van der Waals surface area contributed by atoms with Crippen LogP contribution in [-0.2, 0) is 24.8 Å². The average Bonchev–Trinajstić information content (AvgIpc) is 2.95. The van der Waals surface area contributed by atoms with Crippen molar-refractivity contribution in [3.05, 3.63) is 35.9 Å². The Labute approximate surface area is 141 Å². The highest BCUT2D eigenvalue weighted by Gasteiger charge is 2.45. The molecule has 0 bridgehead atoms. The number of likely N-dealkylation sites (tertiary alicyclic amines) is 1. The van der Waals surface area contributed by atoms with E-state index in [0.29, 0.717) is 32.4 Å². The molecule has 0 aliphatic carbocycles. The van der Waals surface area contributed by atoms with E-state index in [-0.39, 0.29) is 17.4 Å².